The largest absolute Gasteiger partial charge is 0.364 e. The van der Waals surface area contributed by atoms with Gasteiger partial charge in [-0.15, -0.1) is 0 Å². The first-order valence-electron chi connectivity index (χ1n) is 5.79. The summed E-state index contributed by atoms with van der Waals surface area (Å²) in [5.74, 6) is 0.133. The standard InChI is InChI=1S/C13H15BrN2O2/c1-9(17)5-6-16-11-4-3-10(14)7-12(11)15(2)8-13(16)18/h3-4,7H,5-6,8H2,1-2H3. The van der Waals surface area contributed by atoms with Gasteiger partial charge in [0.05, 0.1) is 17.9 Å². The van der Waals surface area contributed by atoms with Gasteiger partial charge in [0.2, 0.25) is 5.91 Å². The van der Waals surface area contributed by atoms with Crippen LogP contribution in [0.3, 0.4) is 0 Å². The van der Waals surface area contributed by atoms with E-state index in [4.69, 9.17) is 0 Å². The maximum Gasteiger partial charge on any atom is 0.246 e. The second-order valence-electron chi connectivity index (χ2n) is 4.49. The van der Waals surface area contributed by atoms with Crippen LogP contribution in [0, 0.1) is 0 Å². The van der Waals surface area contributed by atoms with Gasteiger partial charge in [0.1, 0.15) is 5.78 Å². The van der Waals surface area contributed by atoms with Crippen LogP contribution in [0.1, 0.15) is 13.3 Å². The van der Waals surface area contributed by atoms with E-state index in [1.165, 1.54) is 0 Å². The van der Waals surface area contributed by atoms with Crippen LogP contribution in [0.4, 0.5) is 11.4 Å². The lowest BCUT2D eigenvalue weighted by Gasteiger charge is -2.35. The number of carbonyl (C=O) groups excluding carboxylic acids is 2. The van der Waals surface area contributed by atoms with Crippen molar-refractivity contribution in [2.24, 2.45) is 0 Å². The molecule has 0 unspecified atom stereocenters. The van der Waals surface area contributed by atoms with E-state index in [2.05, 4.69) is 15.9 Å². The molecule has 0 saturated heterocycles. The van der Waals surface area contributed by atoms with Crippen molar-refractivity contribution in [3.8, 4) is 0 Å². The Labute approximate surface area is 115 Å². The number of ketones is 1. The number of benzene rings is 1. The SMILES string of the molecule is CC(=O)CCN1C(=O)CN(C)c2cc(Br)ccc21. The van der Waals surface area contributed by atoms with E-state index in [0.717, 1.165) is 15.8 Å². The van der Waals surface area contributed by atoms with Crippen molar-refractivity contribution in [1.29, 1.82) is 0 Å². The Hall–Kier alpha value is -1.36. The summed E-state index contributed by atoms with van der Waals surface area (Å²) in [4.78, 5) is 26.7. The third kappa shape index (κ3) is 2.56. The molecule has 96 valence electrons. The number of amides is 1. The van der Waals surface area contributed by atoms with Gasteiger partial charge in [-0.3, -0.25) is 9.59 Å². The van der Waals surface area contributed by atoms with Crippen molar-refractivity contribution in [3.63, 3.8) is 0 Å². The van der Waals surface area contributed by atoms with Crippen molar-refractivity contribution in [1.82, 2.24) is 0 Å². The summed E-state index contributed by atoms with van der Waals surface area (Å²) < 4.78 is 0.981. The van der Waals surface area contributed by atoms with E-state index in [0.29, 0.717) is 19.5 Å². The van der Waals surface area contributed by atoms with Gasteiger partial charge in [-0.05, 0) is 25.1 Å². The Balaban J connectivity index is 2.34. The molecule has 5 heteroatoms. The fraction of sp³-hybridized carbons (Fsp3) is 0.385. The third-order valence-corrected chi connectivity index (χ3v) is 3.49. The van der Waals surface area contributed by atoms with E-state index in [1.54, 1.807) is 11.8 Å². The molecular formula is C13H15BrN2O2. The average Bonchev–Trinajstić information content (AvgIpc) is 2.29. The van der Waals surface area contributed by atoms with Crippen molar-refractivity contribution >= 4 is 39.0 Å². The van der Waals surface area contributed by atoms with E-state index < -0.39 is 0 Å². The molecule has 1 aliphatic heterocycles. The number of hydrogen-bond donors (Lipinski definition) is 0. The van der Waals surface area contributed by atoms with Gasteiger partial charge in [-0.2, -0.15) is 0 Å². The fourth-order valence-electron chi connectivity index (χ4n) is 2.05. The molecule has 0 atom stereocenters. The van der Waals surface area contributed by atoms with Crippen LogP contribution in [0.5, 0.6) is 0 Å². The molecule has 1 aromatic rings. The molecular weight excluding hydrogens is 296 g/mol. The molecule has 0 saturated carbocycles. The van der Waals surface area contributed by atoms with Crippen LogP contribution in [0.15, 0.2) is 22.7 Å². The molecule has 0 bridgehead atoms. The predicted molar refractivity (Wildman–Crippen MR) is 75.1 cm³/mol. The Morgan fingerprint density at radius 3 is 2.78 bits per heavy atom. The van der Waals surface area contributed by atoms with Crippen LogP contribution >= 0.6 is 15.9 Å². The van der Waals surface area contributed by atoms with Crippen molar-refractivity contribution < 1.29 is 9.59 Å². The van der Waals surface area contributed by atoms with E-state index in [-0.39, 0.29) is 11.7 Å². The second kappa shape index (κ2) is 5.10. The molecule has 0 aromatic heterocycles. The minimum Gasteiger partial charge on any atom is -0.364 e. The molecule has 0 N–H and O–H groups in total. The molecule has 1 aromatic carbocycles. The lowest BCUT2D eigenvalue weighted by molar-refractivity contribution is -0.118. The summed E-state index contributed by atoms with van der Waals surface area (Å²) in [6.07, 6.45) is 0.394. The highest BCUT2D eigenvalue weighted by Gasteiger charge is 2.27. The van der Waals surface area contributed by atoms with E-state index >= 15 is 0 Å². The first-order chi connectivity index (χ1) is 8.49. The number of hydrogen-bond acceptors (Lipinski definition) is 3. The van der Waals surface area contributed by atoms with Crippen LogP contribution in [0.2, 0.25) is 0 Å². The summed E-state index contributed by atoms with van der Waals surface area (Å²) in [7, 11) is 1.89. The third-order valence-electron chi connectivity index (χ3n) is 3.00. The monoisotopic (exact) mass is 310 g/mol. The van der Waals surface area contributed by atoms with Gasteiger partial charge in [0.15, 0.2) is 0 Å². The smallest absolute Gasteiger partial charge is 0.246 e. The highest BCUT2D eigenvalue weighted by molar-refractivity contribution is 9.10. The van der Waals surface area contributed by atoms with E-state index in [1.807, 2.05) is 30.1 Å². The molecule has 18 heavy (non-hydrogen) atoms. The maximum atomic E-state index is 12.0. The Morgan fingerprint density at radius 1 is 1.39 bits per heavy atom. The van der Waals surface area contributed by atoms with Crippen LogP contribution in [-0.2, 0) is 9.59 Å². The highest BCUT2D eigenvalue weighted by Crippen LogP contribution is 2.35. The highest BCUT2D eigenvalue weighted by atomic mass is 79.9. The average molecular weight is 311 g/mol. The number of rotatable bonds is 3. The minimum absolute atomic E-state index is 0.0357. The quantitative estimate of drug-likeness (QED) is 0.859. The van der Waals surface area contributed by atoms with Crippen molar-refractivity contribution in [3.05, 3.63) is 22.7 Å². The molecule has 0 radical (unpaired) electrons. The van der Waals surface area contributed by atoms with Crippen LogP contribution in [0.25, 0.3) is 0 Å². The van der Waals surface area contributed by atoms with Gasteiger partial charge < -0.3 is 9.80 Å². The lowest BCUT2D eigenvalue weighted by Crippen LogP contribution is -2.45. The van der Waals surface area contributed by atoms with Crippen molar-refractivity contribution in [2.75, 3.05) is 29.9 Å². The Bertz CT molecular complexity index is 502. The molecule has 1 amide bonds. The number of fused-ring (bicyclic) bond motifs is 1. The number of nitrogens with zero attached hydrogens (tertiary/aromatic N) is 2. The zero-order chi connectivity index (χ0) is 13.3. The minimum atomic E-state index is 0.0357. The summed E-state index contributed by atoms with van der Waals surface area (Å²) in [5.41, 5.74) is 1.88. The predicted octanol–water partition coefficient (Wildman–Crippen LogP) is 2.21. The van der Waals surface area contributed by atoms with Gasteiger partial charge in [0.25, 0.3) is 0 Å². The number of likely N-dealkylation sites (N-methyl/N-ethyl adjacent to an activating group) is 1. The summed E-state index contributed by atoms with van der Waals surface area (Å²) >= 11 is 3.43. The zero-order valence-corrected chi connectivity index (χ0v) is 12.0. The first-order valence-corrected chi connectivity index (χ1v) is 6.59. The number of anilines is 2. The molecule has 1 heterocycles. The zero-order valence-electron chi connectivity index (χ0n) is 10.4. The summed E-state index contributed by atoms with van der Waals surface area (Å²) in [6, 6.07) is 5.81. The normalized spacial score (nSPS) is 14.7. The van der Waals surface area contributed by atoms with Gasteiger partial charge in [-0.25, -0.2) is 0 Å². The summed E-state index contributed by atoms with van der Waals surface area (Å²) in [5, 5.41) is 0. The number of halogens is 1. The molecule has 0 spiro atoms. The molecule has 0 aliphatic carbocycles. The molecule has 0 fully saturated rings. The number of carbonyl (C=O) groups is 2. The lowest BCUT2D eigenvalue weighted by atomic mass is 10.1. The first kappa shape index (κ1) is 13.1. The molecule has 1 aliphatic rings. The molecule has 2 rings (SSSR count). The van der Waals surface area contributed by atoms with Gasteiger partial charge in [-0.1, -0.05) is 15.9 Å². The van der Waals surface area contributed by atoms with Gasteiger partial charge >= 0.3 is 0 Å². The fourth-order valence-corrected chi connectivity index (χ4v) is 2.40. The molecule has 4 nitrogen and oxygen atoms in total. The van der Waals surface area contributed by atoms with Crippen molar-refractivity contribution in [2.45, 2.75) is 13.3 Å². The number of Topliss-reactive ketones (excluding diaryl/α,β-unsaturated/α-hetero) is 1. The Morgan fingerprint density at radius 2 is 2.11 bits per heavy atom. The second-order valence-corrected chi connectivity index (χ2v) is 5.40. The Kier molecular flexibility index (Phi) is 3.71. The maximum absolute atomic E-state index is 12.0. The van der Waals surface area contributed by atoms with Crippen LogP contribution < -0.4 is 9.80 Å². The van der Waals surface area contributed by atoms with Gasteiger partial charge in [0, 0.05) is 24.5 Å². The summed E-state index contributed by atoms with van der Waals surface area (Å²) in [6.45, 7) is 2.35. The van der Waals surface area contributed by atoms with E-state index in [9.17, 15) is 9.59 Å². The van der Waals surface area contributed by atoms with Crippen LogP contribution in [-0.4, -0.2) is 31.8 Å². The topological polar surface area (TPSA) is 40.6 Å².